The van der Waals surface area contributed by atoms with Crippen molar-refractivity contribution in [3.8, 4) is 0 Å². The molecule has 0 saturated carbocycles. The molecule has 0 aliphatic rings. The largest absolute Gasteiger partial charge is 0.394 e. The van der Waals surface area contributed by atoms with E-state index < -0.39 is 12.1 Å². The molecule has 2 unspecified atom stereocenters. The van der Waals surface area contributed by atoms with Gasteiger partial charge in [0.05, 0.1) is 18.8 Å². The molecule has 0 rings (SSSR count). The van der Waals surface area contributed by atoms with E-state index >= 15 is 0 Å². The molecule has 0 bridgehead atoms. The fourth-order valence-electron chi connectivity index (χ4n) is 6.05. The summed E-state index contributed by atoms with van der Waals surface area (Å²) in [5.74, 6) is -0.0738. The normalized spacial score (nSPS) is 13.2. The molecule has 0 spiro atoms. The van der Waals surface area contributed by atoms with E-state index in [1.54, 1.807) is 6.08 Å². The number of carbonyl (C=O) groups excluding carboxylic acids is 1. The third kappa shape index (κ3) is 34.0. The highest BCUT2D eigenvalue weighted by molar-refractivity contribution is 5.76. The summed E-state index contributed by atoms with van der Waals surface area (Å²) in [6.07, 6.45) is 47.0. The van der Waals surface area contributed by atoms with Crippen molar-refractivity contribution < 1.29 is 15.0 Å². The summed E-state index contributed by atoms with van der Waals surface area (Å²) < 4.78 is 0. The molecule has 0 heterocycles. The van der Waals surface area contributed by atoms with Crippen molar-refractivity contribution in [2.75, 3.05) is 6.61 Å². The molecule has 4 heteroatoms. The van der Waals surface area contributed by atoms with Crippen LogP contribution in [0.3, 0.4) is 0 Å². The van der Waals surface area contributed by atoms with Gasteiger partial charge in [0.1, 0.15) is 0 Å². The van der Waals surface area contributed by atoms with Gasteiger partial charge in [-0.25, -0.2) is 0 Å². The van der Waals surface area contributed by atoms with Crippen LogP contribution >= 0.6 is 0 Å². The number of hydrogen-bond acceptors (Lipinski definition) is 3. The Bertz CT molecular complexity index is 647. The monoisotopic (exact) mass is 634 g/mol. The van der Waals surface area contributed by atoms with Crippen LogP contribution in [0.5, 0.6) is 0 Å². The van der Waals surface area contributed by atoms with Gasteiger partial charge in [-0.3, -0.25) is 4.79 Å². The van der Waals surface area contributed by atoms with Crippen molar-refractivity contribution in [2.45, 2.75) is 225 Å². The Morgan fingerprint density at radius 3 is 1.27 bits per heavy atom. The second-order valence-corrected chi connectivity index (χ2v) is 13.7. The number of rotatable bonds is 36. The highest BCUT2D eigenvalue weighted by Crippen LogP contribution is 2.15. The predicted octanol–water partition coefficient (Wildman–Crippen LogP) is 12.1. The first-order valence-electron chi connectivity index (χ1n) is 20.1. The van der Waals surface area contributed by atoms with Gasteiger partial charge in [-0.05, 0) is 44.9 Å². The molecule has 0 aromatic heterocycles. The molecule has 2 atom stereocenters. The van der Waals surface area contributed by atoms with Crippen LogP contribution < -0.4 is 5.32 Å². The lowest BCUT2D eigenvalue weighted by Gasteiger charge is -2.20. The van der Waals surface area contributed by atoms with E-state index in [4.69, 9.17) is 0 Å². The molecule has 0 aromatic rings. The first-order chi connectivity index (χ1) is 22.2. The lowest BCUT2D eigenvalue weighted by Crippen LogP contribution is -2.45. The van der Waals surface area contributed by atoms with Gasteiger partial charge < -0.3 is 15.5 Å². The van der Waals surface area contributed by atoms with Gasteiger partial charge in [0.15, 0.2) is 0 Å². The maximum atomic E-state index is 12.3. The maximum absolute atomic E-state index is 12.3. The highest BCUT2D eigenvalue weighted by atomic mass is 16.3. The van der Waals surface area contributed by atoms with Crippen LogP contribution in [0, 0.1) is 0 Å². The smallest absolute Gasteiger partial charge is 0.220 e. The lowest BCUT2D eigenvalue weighted by molar-refractivity contribution is -0.123. The Hall–Kier alpha value is -1.13. The molecule has 0 radical (unpaired) electrons. The zero-order valence-corrected chi connectivity index (χ0v) is 30.4. The van der Waals surface area contributed by atoms with Gasteiger partial charge in [-0.2, -0.15) is 0 Å². The van der Waals surface area contributed by atoms with E-state index in [9.17, 15) is 15.0 Å². The van der Waals surface area contributed by atoms with Crippen LogP contribution in [0.15, 0.2) is 24.3 Å². The fourth-order valence-corrected chi connectivity index (χ4v) is 6.05. The molecule has 0 fully saturated rings. The van der Waals surface area contributed by atoms with Crippen molar-refractivity contribution in [3.63, 3.8) is 0 Å². The van der Waals surface area contributed by atoms with Crippen LogP contribution in [0.1, 0.15) is 213 Å². The van der Waals surface area contributed by atoms with Gasteiger partial charge in [-0.1, -0.05) is 186 Å². The summed E-state index contributed by atoms with van der Waals surface area (Å²) in [4.78, 5) is 12.3. The van der Waals surface area contributed by atoms with Crippen molar-refractivity contribution >= 4 is 5.91 Å². The molecule has 266 valence electrons. The van der Waals surface area contributed by atoms with Crippen molar-refractivity contribution in [1.29, 1.82) is 0 Å². The second kappa shape index (κ2) is 37.3. The fraction of sp³-hybridized carbons (Fsp3) is 0.878. The molecule has 4 nitrogen and oxygen atoms in total. The molecule has 3 N–H and O–H groups in total. The SMILES string of the molecule is CCCCC/C=C\CCCCCCCC(=O)NC(CO)C(O)/C=C/CCCCCCCCCCCCCCCCCCCCC. The van der Waals surface area contributed by atoms with E-state index in [-0.39, 0.29) is 12.5 Å². The Kier molecular flexibility index (Phi) is 36.4. The summed E-state index contributed by atoms with van der Waals surface area (Å²) in [5, 5.41) is 22.9. The van der Waals surface area contributed by atoms with Gasteiger partial charge in [-0.15, -0.1) is 0 Å². The number of aliphatic hydroxyl groups excluding tert-OH is 2. The number of hydrogen-bond donors (Lipinski definition) is 3. The number of nitrogens with one attached hydrogen (secondary N) is 1. The summed E-state index contributed by atoms with van der Waals surface area (Å²) in [5.41, 5.74) is 0. The van der Waals surface area contributed by atoms with E-state index in [1.165, 1.54) is 154 Å². The molecule has 0 aliphatic carbocycles. The zero-order chi connectivity index (χ0) is 32.9. The first kappa shape index (κ1) is 43.9. The molecule has 1 amide bonds. The molecule has 45 heavy (non-hydrogen) atoms. The molecule has 0 aliphatic heterocycles. The Labute approximate surface area is 281 Å². The Balaban J connectivity index is 3.56. The van der Waals surface area contributed by atoms with Crippen molar-refractivity contribution in [2.24, 2.45) is 0 Å². The lowest BCUT2D eigenvalue weighted by atomic mass is 10.0. The summed E-state index contributed by atoms with van der Waals surface area (Å²) >= 11 is 0. The van der Waals surface area contributed by atoms with Crippen LogP contribution in [0.2, 0.25) is 0 Å². The third-order valence-corrected chi connectivity index (χ3v) is 9.18. The first-order valence-corrected chi connectivity index (χ1v) is 20.1. The molecular formula is C41H79NO3. The minimum Gasteiger partial charge on any atom is -0.394 e. The van der Waals surface area contributed by atoms with Crippen LogP contribution in [0.25, 0.3) is 0 Å². The average Bonchev–Trinajstić information content (AvgIpc) is 3.04. The number of unbranched alkanes of at least 4 members (excludes halogenated alkanes) is 27. The number of amides is 1. The van der Waals surface area contributed by atoms with Gasteiger partial charge >= 0.3 is 0 Å². The van der Waals surface area contributed by atoms with E-state index in [1.807, 2.05) is 6.08 Å². The maximum Gasteiger partial charge on any atom is 0.220 e. The topological polar surface area (TPSA) is 69.6 Å². The molecular weight excluding hydrogens is 554 g/mol. The second-order valence-electron chi connectivity index (χ2n) is 13.7. The van der Waals surface area contributed by atoms with Gasteiger partial charge in [0, 0.05) is 6.42 Å². The Morgan fingerprint density at radius 1 is 0.511 bits per heavy atom. The van der Waals surface area contributed by atoms with Gasteiger partial charge in [0.2, 0.25) is 5.91 Å². The standard InChI is InChI=1S/C41H79NO3/c1-3-5-7-9-11-13-15-17-18-19-20-21-22-23-24-25-26-28-30-32-34-36-40(44)39(38-43)42-41(45)37-35-33-31-29-27-16-14-12-10-8-6-4-2/h12,14,34,36,39-40,43-44H,3-11,13,15-33,35,37-38H2,1-2H3,(H,42,45)/b14-12-,36-34+. The summed E-state index contributed by atoms with van der Waals surface area (Å²) in [7, 11) is 0. The minimum absolute atomic E-state index is 0.0738. The Morgan fingerprint density at radius 2 is 0.844 bits per heavy atom. The zero-order valence-electron chi connectivity index (χ0n) is 30.4. The van der Waals surface area contributed by atoms with Crippen molar-refractivity contribution in [1.82, 2.24) is 5.32 Å². The van der Waals surface area contributed by atoms with Crippen LogP contribution in [-0.4, -0.2) is 34.9 Å². The number of aliphatic hydroxyl groups is 2. The van der Waals surface area contributed by atoms with E-state index in [0.717, 1.165) is 38.5 Å². The van der Waals surface area contributed by atoms with E-state index in [0.29, 0.717) is 6.42 Å². The predicted molar refractivity (Wildman–Crippen MR) is 198 cm³/mol. The number of carbonyl (C=O) groups is 1. The summed E-state index contributed by atoms with van der Waals surface area (Å²) in [6, 6.07) is -0.622. The minimum atomic E-state index is -0.839. The highest BCUT2D eigenvalue weighted by Gasteiger charge is 2.17. The van der Waals surface area contributed by atoms with Crippen molar-refractivity contribution in [3.05, 3.63) is 24.3 Å². The quantitative estimate of drug-likeness (QED) is 0.0475. The van der Waals surface area contributed by atoms with Gasteiger partial charge in [0.25, 0.3) is 0 Å². The van der Waals surface area contributed by atoms with Crippen LogP contribution in [0.4, 0.5) is 0 Å². The molecule has 0 saturated heterocycles. The third-order valence-electron chi connectivity index (χ3n) is 9.18. The molecule has 0 aromatic carbocycles. The summed E-state index contributed by atoms with van der Waals surface area (Å²) in [6.45, 7) is 4.28. The van der Waals surface area contributed by atoms with E-state index in [2.05, 4.69) is 31.3 Å². The average molecular weight is 634 g/mol. The number of allylic oxidation sites excluding steroid dienone is 3. The van der Waals surface area contributed by atoms with Crippen LogP contribution in [-0.2, 0) is 4.79 Å².